The van der Waals surface area contributed by atoms with Gasteiger partial charge in [-0.3, -0.25) is 14.4 Å². The molecule has 0 radical (unpaired) electrons. The van der Waals surface area contributed by atoms with E-state index in [1.165, 1.54) is 26.0 Å². The first-order valence-electron chi connectivity index (χ1n) is 13.5. The van der Waals surface area contributed by atoms with Gasteiger partial charge in [0.05, 0.1) is 26.6 Å². The number of rotatable bonds is 13. The van der Waals surface area contributed by atoms with E-state index in [1.807, 2.05) is 25.1 Å². The Morgan fingerprint density at radius 1 is 0.791 bits per heavy atom. The van der Waals surface area contributed by atoms with Crippen LogP contribution < -0.4 is 24.8 Å². The van der Waals surface area contributed by atoms with Crippen LogP contribution in [-0.2, 0) is 4.79 Å². The van der Waals surface area contributed by atoms with Gasteiger partial charge in [0.2, 0.25) is 0 Å². The minimum absolute atomic E-state index is 0.00419. The van der Waals surface area contributed by atoms with E-state index < -0.39 is 11.8 Å². The lowest BCUT2D eigenvalue weighted by Gasteiger charge is -2.13. The number of anilines is 1. The highest BCUT2D eigenvalue weighted by molar-refractivity contribution is 8.00. The maximum Gasteiger partial charge on any atom is 0.272 e. The summed E-state index contributed by atoms with van der Waals surface area (Å²) >= 11 is 1.40. The smallest absolute Gasteiger partial charge is 0.272 e. The molecule has 0 fully saturated rings. The zero-order valence-corrected chi connectivity index (χ0v) is 24.9. The molecule has 0 aliphatic heterocycles. The Labute approximate surface area is 255 Å². The van der Waals surface area contributed by atoms with Crippen LogP contribution in [0.25, 0.3) is 6.08 Å². The highest BCUT2D eigenvalue weighted by Gasteiger charge is 2.16. The van der Waals surface area contributed by atoms with Gasteiger partial charge in [0, 0.05) is 21.7 Å². The van der Waals surface area contributed by atoms with Gasteiger partial charge in [-0.25, -0.2) is 0 Å². The number of methoxy groups -OCH3 is 2. The average molecular weight is 597 g/mol. The second kappa shape index (κ2) is 15.3. The van der Waals surface area contributed by atoms with Crippen molar-refractivity contribution in [3.63, 3.8) is 0 Å². The number of carbonyl (C=O) groups excluding carboxylic acids is 3. The molecule has 0 bridgehead atoms. The molecule has 220 valence electrons. The second-order valence-electron chi connectivity index (χ2n) is 9.14. The molecule has 43 heavy (non-hydrogen) atoms. The zero-order chi connectivity index (χ0) is 30.6. The summed E-state index contributed by atoms with van der Waals surface area (Å²) < 4.78 is 16.1. The van der Waals surface area contributed by atoms with Crippen molar-refractivity contribution in [3.8, 4) is 17.2 Å². The van der Waals surface area contributed by atoms with Gasteiger partial charge in [-0.15, -0.1) is 11.8 Å². The minimum atomic E-state index is -0.509. The van der Waals surface area contributed by atoms with E-state index in [-0.39, 0.29) is 17.2 Å². The minimum Gasteiger partial charge on any atom is -0.494 e. The van der Waals surface area contributed by atoms with Crippen molar-refractivity contribution in [1.82, 2.24) is 5.32 Å². The summed E-state index contributed by atoms with van der Waals surface area (Å²) in [5.74, 6) is 1.09. The number of ketones is 1. The Morgan fingerprint density at radius 2 is 1.49 bits per heavy atom. The topological polar surface area (TPSA) is 103 Å². The van der Waals surface area contributed by atoms with E-state index >= 15 is 0 Å². The van der Waals surface area contributed by atoms with E-state index in [9.17, 15) is 14.4 Å². The predicted octanol–water partition coefficient (Wildman–Crippen LogP) is 6.49. The lowest BCUT2D eigenvalue weighted by Crippen LogP contribution is -2.30. The molecule has 0 saturated heterocycles. The molecule has 0 unspecified atom stereocenters. The first kappa shape index (κ1) is 30.9. The molecule has 8 nitrogen and oxygen atoms in total. The van der Waals surface area contributed by atoms with Crippen molar-refractivity contribution >= 4 is 41.1 Å². The van der Waals surface area contributed by atoms with Crippen LogP contribution in [0.15, 0.2) is 108 Å². The van der Waals surface area contributed by atoms with Gasteiger partial charge in [0.1, 0.15) is 11.4 Å². The lowest BCUT2D eigenvalue weighted by molar-refractivity contribution is -0.113. The van der Waals surface area contributed by atoms with Crippen LogP contribution in [0.4, 0.5) is 5.69 Å². The van der Waals surface area contributed by atoms with E-state index in [4.69, 9.17) is 14.2 Å². The van der Waals surface area contributed by atoms with Crippen LogP contribution in [0.5, 0.6) is 17.2 Å². The largest absolute Gasteiger partial charge is 0.494 e. The summed E-state index contributed by atoms with van der Waals surface area (Å²) in [7, 11) is 3.06. The SMILES string of the molecule is CCOc1ccc(C(=O)CSc2ccc(NC(=O)/C(=C/c3ccc(OC)c(OC)c3)NC(=O)c3ccccc3)cc2)cc1. The molecule has 0 aliphatic carbocycles. The molecule has 0 aliphatic rings. The first-order valence-corrected chi connectivity index (χ1v) is 14.5. The lowest BCUT2D eigenvalue weighted by atomic mass is 10.1. The highest BCUT2D eigenvalue weighted by Crippen LogP contribution is 2.28. The molecule has 0 aromatic heterocycles. The Bertz CT molecular complexity index is 1590. The number of carbonyl (C=O) groups is 3. The molecule has 0 saturated carbocycles. The zero-order valence-electron chi connectivity index (χ0n) is 24.1. The quantitative estimate of drug-likeness (QED) is 0.103. The summed E-state index contributed by atoms with van der Waals surface area (Å²) in [4.78, 5) is 39.8. The fourth-order valence-corrected chi connectivity index (χ4v) is 4.81. The molecule has 4 rings (SSSR count). The molecule has 2 amide bonds. The van der Waals surface area contributed by atoms with Gasteiger partial charge in [0.25, 0.3) is 11.8 Å². The van der Waals surface area contributed by atoms with Crippen LogP contribution in [-0.4, -0.2) is 44.2 Å². The molecular weight excluding hydrogens is 564 g/mol. The second-order valence-corrected chi connectivity index (χ2v) is 10.2. The van der Waals surface area contributed by atoms with Crippen molar-refractivity contribution in [3.05, 3.63) is 119 Å². The number of thioether (sulfide) groups is 1. The number of hydrogen-bond acceptors (Lipinski definition) is 7. The molecule has 0 spiro atoms. The van der Waals surface area contributed by atoms with Crippen LogP contribution >= 0.6 is 11.8 Å². The molecule has 2 N–H and O–H groups in total. The van der Waals surface area contributed by atoms with E-state index in [0.29, 0.717) is 40.5 Å². The molecular formula is C34H32N2O6S. The van der Waals surface area contributed by atoms with Crippen LogP contribution in [0.3, 0.4) is 0 Å². The number of nitrogens with one attached hydrogen (secondary N) is 2. The number of amides is 2. The first-order chi connectivity index (χ1) is 20.9. The molecule has 0 heterocycles. The highest BCUT2D eigenvalue weighted by atomic mass is 32.2. The van der Waals surface area contributed by atoms with Crippen molar-refractivity contribution in [1.29, 1.82) is 0 Å². The maximum absolute atomic E-state index is 13.4. The van der Waals surface area contributed by atoms with Crippen molar-refractivity contribution < 1.29 is 28.6 Å². The Morgan fingerprint density at radius 3 is 2.14 bits per heavy atom. The van der Waals surface area contributed by atoms with Gasteiger partial charge in [-0.1, -0.05) is 24.3 Å². The molecule has 4 aromatic rings. The third-order valence-corrected chi connectivity index (χ3v) is 7.23. The van der Waals surface area contributed by atoms with Gasteiger partial charge < -0.3 is 24.8 Å². The molecule has 0 atom stereocenters. The fourth-order valence-electron chi connectivity index (χ4n) is 4.02. The van der Waals surface area contributed by atoms with Gasteiger partial charge in [0.15, 0.2) is 17.3 Å². The van der Waals surface area contributed by atoms with Crippen LogP contribution in [0.2, 0.25) is 0 Å². The van der Waals surface area contributed by atoms with E-state index in [1.54, 1.807) is 84.9 Å². The van der Waals surface area contributed by atoms with Crippen molar-refractivity contribution in [2.24, 2.45) is 0 Å². The summed E-state index contributed by atoms with van der Waals surface area (Å²) in [5.41, 5.74) is 2.22. The van der Waals surface area contributed by atoms with Crippen LogP contribution in [0.1, 0.15) is 33.2 Å². The molecule has 4 aromatic carbocycles. The standard InChI is InChI=1S/C34H32N2O6S/c1-4-42-27-15-11-24(12-16-27)30(37)22-43-28-17-13-26(14-18-28)35-34(39)29(36-33(38)25-8-6-5-7-9-25)20-23-10-19-31(40-2)32(21-23)41-3/h5-21H,4,22H2,1-3H3,(H,35,39)(H,36,38)/b29-20-. The summed E-state index contributed by atoms with van der Waals surface area (Å²) in [6.45, 7) is 2.48. The van der Waals surface area contributed by atoms with E-state index in [0.717, 1.165) is 10.6 Å². The fraction of sp³-hybridized carbons (Fsp3) is 0.147. The monoisotopic (exact) mass is 596 g/mol. The third-order valence-electron chi connectivity index (χ3n) is 6.22. The normalized spacial score (nSPS) is 10.9. The molecule has 9 heteroatoms. The van der Waals surface area contributed by atoms with Crippen molar-refractivity contribution in [2.45, 2.75) is 11.8 Å². The maximum atomic E-state index is 13.4. The van der Waals surface area contributed by atoms with Gasteiger partial charge in [-0.2, -0.15) is 0 Å². The van der Waals surface area contributed by atoms with Gasteiger partial charge in [-0.05, 0) is 91.4 Å². The third kappa shape index (κ3) is 8.73. The summed E-state index contributed by atoms with van der Waals surface area (Å²) in [6.07, 6.45) is 1.56. The van der Waals surface area contributed by atoms with E-state index in [2.05, 4.69) is 10.6 Å². The Kier molecular flexibility index (Phi) is 11.0. The number of benzene rings is 4. The number of hydrogen-bond donors (Lipinski definition) is 2. The van der Waals surface area contributed by atoms with Gasteiger partial charge >= 0.3 is 0 Å². The Hall–Kier alpha value is -5.02. The van der Waals surface area contributed by atoms with Crippen molar-refractivity contribution in [2.75, 3.05) is 31.9 Å². The number of ether oxygens (including phenoxy) is 3. The van der Waals surface area contributed by atoms with Crippen LogP contribution in [0, 0.1) is 0 Å². The predicted molar refractivity (Wildman–Crippen MR) is 169 cm³/mol. The summed E-state index contributed by atoms with van der Waals surface area (Å²) in [6, 6.07) is 28.0. The Balaban J connectivity index is 1.45. The number of Topliss-reactive ketones (excluding diaryl/α,β-unsaturated/α-hetero) is 1. The average Bonchev–Trinajstić information content (AvgIpc) is 3.04. The summed E-state index contributed by atoms with van der Waals surface area (Å²) in [5, 5.41) is 5.56.